The Labute approximate surface area is 203 Å². The number of nitrogens with two attached hydrogens (primary N) is 1. The van der Waals surface area contributed by atoms with Gasteiger partial charge in [0.25, 0.3) is 14.2 Å². The van der Waals surface area contributed by atoms with Gasteiger partial charge in [-0.3, -0.25) is 4.79 Å². The van der Waals surface area contributed by atoms with Crippen LogP contribution in [0.2, 0.25) is 5.04 Å². The lowest BCUT2D eigenvalue weighted by Gasteiger charge is -2.46. The number of ether oxygens (including phenoxy) is 2. The predicted octanol–water partition coefficient (Wildman–Crippen LogP) is 4.17. The third kappa shape index (κ3) is 4.98. The molecule has 0 bridgehead atoms. The lowest BCUT2D eigenvalue weighted by molar-refractivity contribution is -0.127. The van der Waals surface area contributed by atoms with Crippen LogP contribution in [-0.2, 0) is 18.7 Å². The SMILES string of the molecule is CC(C)(C)[Si](OC1CCC(OC2=CC=COC2C(N)=O)CC1)(c1ccccc1)c1ccccc1. The van der Waals surface area contributed by atoms with Crippen molar-refractivity contribution in [2.45, 2.75) is 69.8 Å². The highest BCUT2D eigenvalue weighted by atomic mass is 28.4. The zero-order valence-corrected chi connectivity index (χ0v) is 21.3. The van der Waals surface area contributed by atoms with Crippen molar-refractivity contribution in [1.29, 1.82) is 0 Å². The van der Waals surface area contributed by atoms with E-state index < -0.39 is 20.3 Å². The average molecular weight is 478 g/mol. The number of rotatable bonds is 7. The third-order valence-corrected chi connectivity index (χ3v) is 11.8. The van der Waals surface area contributed by atoms with Crippen molar-refractivity contribution in [2.75, 3.05) is 0 Å². The molecule has 1 unspecified atom stereocenters. The fourth-order valence-corrected chi connectivity index (χ4v) is 9.87. The molecule has 1 atom stereocenters. The molecule has 34 heavy (non-hydrogen) atoms. The van der Waals surface area contributed by atoms with Crippen molar-refractivity contribution in [3.05, 3.63) is 84.8 Å². The molecule has 180 valence electrons. The lowest BCUT2D eigenvalue weighted by Crippen LogP contribution is -2.67. The van der Waals surface area contributed by atoms with Crippen molar-refractivity contribution < 1.29 is 18.7 Å². The Bertz CT molecular complexity index is 982. The van der Waals surface area contributed by atoms with E-state index in [1.54, 1.807) is 12.2 Å². The molecule has 0 spiro atoms. The van der Waals surface area contributed by atoms with Crippen molar-refractivity contribution in [1.82, 2.24) is 0 Å². The molecule has 5 nitrogen and oxygen atoms in total. The van der Waals surface area contributed by atoms with E-state index in [2.05, 4.69) is 81.4 Å². The molecule has 2 aromatic rings. The maximum absolute atomic E-state index is 11.7. The Morgan fingerprint density at radius 2 is 1.44 bits per heavy atom. The summed E-state index contributed by atoms with van der Waals surface area (Å²) in [5, 5.41) is 2.55. The molecule has 0 saturated heterocycles. The number of amides is 1. The quantitative estimate of drug-likeness (QED) is 0.608. The van der Waals surface area contributed by atoms with Crippen molar-refractivity contribution in [3.63, 3.8) is 0 Å². The average Bonchev–Trinajstić information content (AvgIpc) is 2.84. The first-order valence-electron chi connectivity index (χ1n) is 12.1. The van der Waals surface area contributed by atoms with E-state index in [4.69, 9.17) is 19.6 Å². The molecule has 1 saturated carbocycles. The summed E-state index contributed by atoms with van der Waals surface area (Å²) in [6, 6.07) is 21.5. The van der Waals surface area contributed by atoms with Gasteiger partial charge in [-0.05, 0) is 53.2 Å². The number of allylic oxidation sites excluding steroid dienone is 2. The Morgan fingerprint density at radius 3 is 1.94 bits per heavy atom. The second kappa shape index (κ2) is 10.2. The monoisotopic (exact) mass is 477 g/mol. The Balaban J connectivity index is 1.53. The minimum atomic E-state index is -2.57. The normalized spacial score (nSPS) is 23.0. The highest BCUT2D eigenvalue weighted by Gasteiger charge is 2.51. The molecule has 1 fully saturated rings. The number of primary amides is 1. The van der Waals surface area contributed by atoms with Crippen LogP contribution in [0.15, 0.2) is 84.8 Å². The molecule has 0 aromatic heterocycles. The molecular formula is C28H35NO4Si. The third-order valence-electron chi connectivity index (χ3n) is 6.75. The summed E-state index contributed by atoms with van der Waals surface area (Å²) in [5.74, 6) is -0.0503. The Kier molecular flexibility index (Phi) is 7.29. The van der Waals surface area contributed by atoms with E-state index in [9.17, 15) is 4.79 Å². The summed E-state index contributed by atoms with van der Waals surface area (Å²) in [7, 11) is -2.57. The van der Waals surface area contributed by atoms with Gasteiger partial charge >= 0.3 is 0 Å². The van der Waals surface area contributed by atoms with Crippen molar-refractivity contribution >= 4 is 24.6 Å². The lowest BCUT2D eigenvalue weighted by atomic mass is 9.95. The van der Waals surface area contributed by atoms with Crippen LogP contribution in [0.1, 0.15) is 46.5 Å². The fraction of sp³-hybridized carbons (Fsp3) is 0.393. The molecule has 2 aromatic carbocycles. The van der Waals surface area contributed by atoms with Crippen LogP contribution >= 0.6 is 0 Å². The largest absolute Gasteiger partial charge is 0.490 e. The number of carbonyl (C=O) groups is 1. The van der Waals surface area contributed by atoms with Crippen LogP contribution in [0.4, 0.5) is 0 Å². The molecule has 1 amide bonds. The first-order chi connectivity index (χ1) is 16.3. The van der Waals surface area contributed by atoms with Crippen molar-refractivity contribution in [2.24, 2.45) is 5.73 Å². The standard InChI is InChI=1S/C28H35NO4Si/c1-28(2,3)34(23-11-6-4-7-12-23,24-13-8-5-9-14-24)33-22-18-16-21(17-19-22)32-25-15-10-20-31-26(25)27(29)30/h4-15,20-22,26H,16-19H2,1-3H3,(H2,29,30). The zero-order valence-electron chi connectivity index (χ0n) is 20.3. The van der Waals surface area contributed by atoms with E-state index in [1.807, 2.05) is 0 Å². The van der Waals surface area contributed by atoms with E-state index in [0.717, 1.165) is 25.7 Å². The summed E-state index contributed by atoms with van der Waals surface area (Å²) in [4.78, 5) is 11.7. The van der Waals surface area contributed by atoms with Gasteiger partial charge in [-0.25, -0.2) is 0 Å². The van der Waals surface area contributed by atoms with Gasteiger partial charge in [-0.15, -0.1) is 0 Å². The Morgan fingerprint density at radius 1 is 0.912 bits per heavy atom. The van der Waals surface area contributed by atoms with Crippen LogP contribution < -0.4 is 16.1 Å². The van der Waals surface area contributed by atoms with Crippen LogP contribution in [0.25, 0.3) is 0 Å². The van der Waals surface area contributed by atoms with Crippen LogP contribution in [0.3, 0.4) is 0 Å². The van der Waals surface area contributed by atoms with Gasteiger partial charge in [0.2, 0.25) is 6.10 Å². The second-order valence-corrected chi connectivity index (χ2v) is 14.4. The number of hydrogen-bond donors (Lipinski definition) is 1. The summed E-state index contributed by atoms with van der Waals surface area (Å²) >= 11 is 0. The first-order valence-corrected chi connectivity index (χ1v) is 14.0. The van der Waals surface area contributed by atoms with E-state index >= 15 is 0 Å². The van der Waals surface area contributed by atoms with Gasteiger partial charge in [0, 0.05) is 6.10 Å². The van der Waals surface area contributed by atoms with Crippen molar-refractivity contribution in [3.8, 4) is 0 Å². The minimum absolute atomic E-state index is 0.0159. The first kappa shape index (κ1) is 24.3. The van der Waals surface area contributed by atoms with Gasteiger partial charge in [-0.1, -0.05) is 81.4 Å². The smallest absolute Gasteiger partial charge is 0.266 e. The molecule has 0 radical (unpaired) electrons. The maximum Gasteiger partial charge on any atom is 0.266 e. The van der Waals surface area contributed by atoms with Gasteiger partial charge in [-0.2, -0.15) is 0 Å². The van der Waals surface area contributed by atoms with Crippen LogP contribution in [0.5, 0.6) is 0 Å². The molecule has 6 heteroatoms. The van der Waals surface area contributed by atoms with Gasteiger partial charge in [0.1, 0.15) is 5.76 Å². The number of hydrogen-bond acceptors (Lipinski definition) is 4. The Hall–Kier alpha value is -2.83. The molecule has 2 aliphatic rings. The van der Waals surface area contributed by atoms with Gasteiger partial charge in [0.05, 0.1) is 12.4 Å². The highest BCUT2D eigenvalue weighted by Crippen LogP contribution is 2.39. The topological polar surface area (TPSA) is 70.8 Å². The number of carbonyl (C=O) groups excluding carboxylic acids is 1. The summed E-state index contributed by atoms with van der Waals surface area (Å²) in [6.45, 7) is 6.92. The minimum Gasteiger partial charge on any atom is -0.490 e. The summed E-state index contributed by atoms with van der Waals surface area (Å²) in [6.07, 6.45) is 7.80. The van der Waals surface area contributed by atoms with Gasteiger partial charge < -0.3 is 19.6 Å². The predicted molar refractivity (Wildman–Crippen MR) is 137 cm³/mol. The molecule has 1 aliphatic carbocycles. The zero-order chi connectivity index (χ0) is 24.2. The summed E-state index contributed by atoms with van der Waals surface area (Å²) < 4.78 is 18.8. The molecule has 1 heterocycles. The molecular weight excluding hydrogens is 442 g/mol. The molecule has 1 aliphatic heterocycles. The van der Waals surface area contributed by atoms with E-state index in [-0.39, 0.29) is 17.2 Å². The van der Waals surface area contributed by atoms with E-state index in [0.29, 0.717) is 5.76 Å². The van der Waals surface area contributed by atoms with Gasteiger partial charge in [0.15, 0.2) is 0 Å². The number of benzene rings is 2. The van der Waals surface area contributed by atoms with E-state index in [1.165, 1.54) is 16.6 Å². The molecule has 4 rings (SSSR count). The summed E-state index contributed by atoms with van der Waals surface area (Å²) in [5.41, 5.74) is 5.47. The maximum atomic E-state index is 11.7. The van der Waals surface area contributed by atoms with Crippen LogP contribution in [-0.4, -0.2) is 32.5 Å². The van der Waals surface area contributed by atoms with Crippen LogP contribution in [0, 0.1) is 0 Å². The molecule has 2 N–H and O–H groups in total. The fourth-order valence-electron chi connectivity index (χ4n) is 5.12. The second-order valence-electron chi connectivity index (χ2n) is 10.1. The highest BCUT2D eigenvalue weighted by molar-refractivity contribution is 6.99.